The minimum Gasteiger partial charge on any atom is -0.480 e. The normalized spacial score (nSPS) is 14.6. The first kappa shape index (κ1) is 58.1. The van der Waals surface area contributed by atoms with Gasteiger partial charge in [-0.05, 0) is 89.9 Å². The number of allylic oxidation sites excluding steroid dienone is 14. The van der Waals surface area contributed by atoms with E-state index in [2.05, 4.69) is 98.9 Å². The maximum Gasteiger partial charge on any atom is 0.472 e. The SMILES string of the molecule is CC/C=C\C/C=C\C/C=C\C/C=C\CCCCCCCCCOCC(COP(=O)(O)OCC(N)C(=O)O)OC(=O)CCCCCCCC/C=C\C/C=C\C/C=C\CCCCC. The van der Waals surface area contributed by atoms with Gasteiger partial charge in [0, 0.05) is 13.0 Å². The Morgan fingerprint density at radius 3 is 1.43 bits per heavy atom. The number of hydrogen-bond donors (Lipinski definition) is 3. The number of ether oxygens (including phenoxy) is 2. The van der Waals surface area contributed by atoms with Crippen molar-refractivity contribution < 1.29 is 42.7 Å². The molecule has 0 heterocycles. The zero-order valence-electron chi connectivity index (χ0n) is 38.2. The van der Waals surface area contributed by atoms with Gasteiger partial charge in [0.1, 0.15) is 12.1 Å². The van der Waals surface area contributed by atoms with E-state index in [0.29, 0.717) is 13.0 Å². The zero-order chi connectivity index (χ0) is 44.8. The number of aliphatic carboxylic acids is 1. The van der Waals surface area contributed by atoms with Crippen LogP contribution in [-0.4, -0.2) is 60.5 Å². The van der Waals surface area contributed by atoms with Gasteiger partial charge in [-0.15, -0.1) is 0 Å². The Kier molecular flexibility index (Phi) is 43.1. The maximum atomic E-state index is 12.7. The lowest BCUT2D eigenvalue weighted by molar-refractivity contribution is -0.154. The average molecular weight is 876 g/mol. The number of hydrogen-bond acceptors (Lipinski definition) is 8. The smallest absolute Gasteiger partial charge is 0.472 e. The van der Waals surface area contributed by atoms with Gasteiger partial charge in [0.15, 0.2) is 0 Å². The number of carbonyl (C=O) groups is 2. The molecule has 0 aromatic heterocycles. The quantitative estimate of drug-likeness (QED) is 0.0233. The number of carbonyl (C=O) groups excluding carboxylic acids is 1. The number of carboxylic acid groups (broad SMARTS) is 1. The molecule has 0 aliphatic carbocycles. The third-order valence-corrected chi connectivity index (χ3v) is 10.6. The van der Waals surface area contributed by atoms with Gasteiger partial charge in [-0.2, -0.15) is 0 Å². The van der Waals surface area contributed by atoms with Gasteiger partial charge < -0.3 is 25.2 Å². The van der Waals surface area contributed by atoms with Gasteiger partial charge in [-0.3, -0.25) is 18.6 Å². The molecule has 10 nitrogen and oxygen atoms in total. The number of phosphoric acid groups is 1. The zero-order valence-corrected chi connectivity index (χ0v) is 39.1. The molecule has 4 N–H and O–H groups in total. The third-order valence-electron chi connectivity index (χ3n) is 9.66. The number of unbranched alkanes of at least 4 members (excludes halogenated alkanes) is 16. The molecule has 0 rings (SSSR count). The largest absolute Gasteiger partial charge is 0.480 e. The van der Waals surface area contributed by atoms with E-state index in [9.17, 15) is 19.0 Å². The van der Waals surface area contributed by atoms with Crippen molar-refractivity contribution in [3.8, 4) is 0 Å². The molecular formula is C50H86NO9P. The topological polar surface area (TPSA) is 155 Å². The van der Waals surface area contributed by atoms with Crippen LogP contribution in [-0.2, 0) is 32.7 Å². The molecule has 0 fully saturated rings. The third kappa shape index (κ3) is 45.0. The summed E-state index contributed by atoms with van der Waals surface area (Å²) in [4.78, 5) is 33.6. The highest BCUT2D eigenvalue weighted by Crippen LogP contribution is 2.43. The van der Waals surface area contributed by atoms with Crippen LogP contribution in [0.5, 0.6) is 0 Å². The van der Waals surface area contributed by atoms with E-state index in [1.165, 1.54) is 51.4 Å². The van der Waals surface area contributed by atoms with Gasteiger partial charge >= 0.3 is 19.8 Å². The van der Waals surface area contributed by atoms with Crippen LogP contribution >= 0.6 is 7.82 Å². The summed E-state index contributed by atoms with van der Waals surface area (Å²) in [5.41, 5.74) is 5.36. The molecule has 0 radical (unpaired) electrons. The molecule has 0 aromatic carbocycles. The van der Waals surface area contributed by atoms with Gasteiger partial charge in [0.05, 0.1) is 19.8 Å². The number of carboxylic acids is 1. The molecule has 0 aliphatic heterocycles. The summed E-state index contributed by atoms with van der Waals surface area (Å²) in [6.45, 7) is 3.69. The molecule has 61 heavy (non-hydrogen) atoms. The minimum atomic E-state index is -4.63. The first-order valence-electron chi connectivity index (χ1n) is 23.6. The summed E-state index contributed by atoms with van der Waals surface area (Å²) in [6.07, 6.45) is 57.7. The van der Waals surface area contributed by atoms with Crippen molar-refractivity contribution >= 4 is 19.8 Å². The molecule has 0 saturated carbocycles. The molecule has 3 atom stereocenters. The monoisotopic (exact) mass is 876 g/mol. The van der Waals surface area contributed by atoms with Gasteiger partial charge in [0.2, 0.25) is 0 Å². The second kappa shape index (κ2) is 45.2. The molecule has 0 bridgehead atoms. The van der Waals surface area contributed by atoms with Crippen LogP contribution in [0.2, 0.25) is 0 Å². The van der Waals surface area contributed by atoms with Crippen LogP contribution < -0.4 is 5.73 Å². The Morgan fingerprint density at radius 1 is 0.541 bits per heavy atom. The first-order valence-corrected chi connectivity index (χ1v) is 25.1. The maximum absolute atomic E-state index is 12.7. The molecule has 3 unspecified atom stereocenters. The summed E-state index contributed by atoms with van der Waals surface area (Å²) >= 11 is 0. The highest BCUT2D eigenvalue weighted by Gasteiger charge is 2.27. The van der Waals surface area contributed by atoms with E-state index >= 15 is 0 Å². The van der Waals surface area contributed by atoms with Crippen LogP contribution in [0.4, 0.5) is 0 Å². The Labute approximate surface area is 371 Å². The van der Waals surface area contributed by atoms with Crippen molar-refractivity contribution in [2.45, 2.75) is 193 Å². The number of phosphoric ester groups is 1. The lowest BCUT2D eigenvalue weighted by atomic mass is 10.1. The molecule has 0 aromatic rings. The number of nitrogens with two attached hydrogens (primary N) is 1. The van der Waals surface area contributed by atoms with Crippen LogP contribution in [0.25, 0.3) is 0 Å². The van der Waals surface area contributed by atoms with Gasteiger partial charge in [-0.1, -0.05) is 170 Å². The second-order valence-electron chi connectivity index (χ2n) is 15.5. The number of rotatable bonds is 44. The summed E-state index contributed by atoms with van der Waals surface area (Å²) in [5.74, 6) is -1.80. The predicted molar refractivity (Wildman–Crippen MR) is 253 cm³/mol. The van der Waals surface area contributed by atoms with Crippen molar-refractivity contribution in [1.82, 2.24) is 0 Å². The van der Waals surface area contributed by atoms with E-state index in [0.717, 1.165) is 103 Å². The lowest BCUT2D eigenvalue weighted by Gasteiger charge is -2.20. The molecule has 350 valence electrons. The standard InChI is InChI=1S/C50H86NO9P/c1-3-5-7-9-11-13-15-17-19-21-23-25-27-29-31-33-35-37-39-41-43-57-44-47(45-58-61(55,56)59-46-48(51)50(53)54)60-49(52)42-40-38-36-34-32-30-28-26-24-22-20-18-16-14-12-10-8-6-4-2/h5,7,11-14,17-20,23-26,47-48H,3-4,6,8-10,15-16,21-22,27-46,51H2,1-2H3,(H,53,54)(H,55,56)/b7-5-,13-11-,14-12-,19-17-,20-18-,25-23-,26-24-. The van der Waals surface area contributed by atoms with E-state index in [4.69, 9.17) is 29.4 Å². The van der Waals surface area contributed by atoms with E-state index in [1.807, 2.05) is 0 Å². The molecule has 0 amide bonds. The van der Waals surface area contributed by atoms with Crippen molar-refractivity contribution in [3.05, 3.63) is 85.1 Å². The molecule has 11 heteroatoms. The summed E-state index contributed by atoms with van der Waals surface area (Å²) < 4.78 is 33.4. The van der Waals surface area contributed by atoms with E-state index in [-0.39, 0.29) is 13.0 Å². The molecule has 0 saturated heterocycles. The fourth-order valence-electron chi connectivity index (χ4n) is 6.01. The minimum absolute atomic E-state index is 0.00104. The van der Waals surface area contributed by atoms with Crippen molar-refractivity contribution in [2.24, 2.45) is 5.73 Å². The second-order valence-corrected chi connectivity index (χ2v) is 17.0. The molecule has 0 spiro atoms. The number of esters is 1. The Morgan fingerprint density at radius 2 is 0.951 bits per heavy atom. The fraction of sp³-hybridized carbons (Fsp3) is 0.680. The van der Waals surface area contributed by atoms with Gasteiger partial charge in [-0.25, -0.2) is 4.57 Å². The van der Waals surface area contributed by atoms with Crippen LogP contribution in [0, 0.1) is 0 Å². The van der Waals surface area contributed by atoms with E-state index in [1.54, 1.807) is 0 Å². The Bertz CT molecular complexity index is 1290. The predicted octanol–water partition coefficient (Wildman–Crippen LogP) is 13.5. The van der Waals surface area contributed by atoms with Crippen molar-refractivity contribution in [2.75, 3.05) is 26.4 Å². The average Bonchev–Trinajstić information content (AvgIpc) is 3.24. The summed E-state index contributed by atoms with van der Waals surface area (Å²) in [7, 11) is -4.63. The lowest BCUT2D eigenvalue weighted by Crippen LogP contribution is -2.34. The van der Waals surface area contributed by atoms with Crippen LogP contribution in [0.1, 0.15) is 181 Å². The van der Waals surface area contributed by atoms with Crippen LogP contribution in [0.15, 0.2) is 85.1 Å². The van der Waals surface area contributed by atoms with Crippen LogP contribution in [0.3, 0.4) is 0 Å². The van der Waals surface area contributed by atoms with Gasteiger partial charge in [0.25, 0.3) is 0 Å². The van der Waals surface area contributed by atoms with Crippen molar-refractivity contribution in [3.63, 3.8) is 0 Å². The summed E-state index contributed by atoms with van der Waals surface area (Å²) in [6, 6.07) is -1.48. The van der Waals surface area contributed by atoms with Crippen molar-refractivity contribution in [1.29, 1.82) is 0 Å². The van der Waals surface area contributed by atoms with E-state index < -0.39 is 45.1 Å². The Hall–Kier alpha value is -2.85. The first-order chi connectivity index (χ1) is 29.7. The molecule has 0 aliphatic rings. The fourth-order valence-corrected chi connectivity index (χ4v) is 6.79. The Balaban J connectivity index is 4.26. The summed E-state index contributed by atoms with van der Waals surface area (Å²) in [5, 5.41) is 8.92. The molecular weight excluding hydrogens is 790 g/mol. The highest BCUT2D eigenvalue weighted by molar-refractivity contribution is 7.47. The highest BCUT2D eigenvalue weighted by atomic mass is 31.2.